The van der Waals surface area contributed by atoms with Crippen molar-refractivity contribution >= 4 is 17.8 Å². The number of phenolic OH excluding ortho intramolecular Hbond substituents is 1. The number of amides is 4. The predicted molar refractivity (Wildman–Crippen MR) is 83.8 cm³/mol. The summed E-state index contributed by atoms with van der Waals surface area (Å²) in [6, 6.07) is 5.83. The van der Waals surface area contributed by atoms with Gasteiger partial charge in [-0.1, -0.05) is 12.1 Å². The van der Waals surface area contributed by atoms with Crippen molar-refractivity contribution in [1.29, 1.82) is 0 Å². The van der Waals surface area contributed by atoms with Gasteiger partial charge in [0.2, 0.25) is 5.91 Å². The molecule has 7 nitrogen and oxygen atoms in total. The Kier molecular flexibility index (Phi) is 5.20. The van der Waals surface area contributed by atoms with Gasteiger partial charge < -0.3 is 15.3 Å². The minimum absolute atomic E-state index is 0.0232. The van der Waals surface area contributed by atoms with Gasteiger partial charge in [0.15, 0.2) is 0 Å². The van der Waals surface area contributed by atoms with Crippen LogP contribution in [0.25, 0.3) is 0 Å². The fraction of sp³-hybridized carbons (Fsp3) is 0.438. The van der Waals surface area contributed by atoms with E-state index in [9.17, 15) is 19.5 Å². The van der Waals surface area contributed by atoms with E-state index in [0.717, 1.165) is 23.3 Å². The Labute approximate surface area is 134 Å². The third-order valence-corrected chi connectivity index (χ3v) is 3.95. The molecular weight excluding hydrogens is 298 g/mol. The van der Waals surface area contributed by atoms with E-state index >= 15 is 0 Å². The molecule has 1 atom stereocenters. The Hall–Kier alpha value is -2.57. The summed E-state index contributed by atoms with van der Waals surface area (Å²) in [6.45, 7) is 0.494. The lowest BCUT2D eigenvalue weighted by Crippen LogP contribution is -2.37. The van der Waals surface area contributed by atoms with Crippen LogP contribution in [-0.4, -0.2) is 59.4 Å². The molecule has 0 unspecified atom stereocenters. The molecule has 4 amide bonds. The molecule has 1 fully saturated rings. The van der Waals surface area contributed by atoms with Crippen molar-refractivity contribution in [2.24, 2.45) is 0 Å². The molecule has 0 radical (unpaired) electrons. The molecule has 0 aromatic heterocycles. The van der Waals surface area contributed by atoms with Gasteiger partial charge in [-0.2, -0.15) is 0 Å². The first-order chi connectivity index (χ1) is 10.9. The molecule has 0 aliphatic carbocycles. The first-order valence-corrected chi connectivity index (χ1v) is 7.49. The van der Waals surface area contributed by atoms with E-state index in [-0.39, 0.29) is 30.0 Å². The maximum absolute atomic E-state index is 11.9. The van der Waals surface area contributed by atoms with Crippen LogP contribution in [0.5, 0.6) is 5.75 Å². The lowest BCUT2D eigenvalue weighted by Gasteiger charge is -2.15. The van der Waals surface area contributed by atoms with Crippen LogP contribution < -0.4 is 5.32 Å². The van der Waals surface area contributed by atoms with Crippen LogP contribution >= 0.6 is 0 Å². The van der Waals surface area contributed by atoms with E-state index < -0.39 is 6.04 Å². The zero-order valence-corrected chi connectivity index (χ0v) is 13.3. The molecule has 7 heteroatoms. The third-order valence-electron chi connectivity index (χ3n) is 3.95. The highest BCUT2D eigenvalue weighted by atomic mass is 16.3. The van der Waals surface area contributed by atoms with Gasteiger partial charge in [-0.15, -0.1) is 0 Å². The summed E-state index contributed by atoms with van der Waals surface area (Å²) in [7, 11) is 2.93. The van der Waals surface area contributed by atoms with Crippen molar-refractivity contribution in [3.63, 3.8) is 0 Å². The summed E-state index contributed by atoms with van der Waals surface area (Å²) < 4.78 is 0. The molecule has 1 aromatic carbocycles. The fourth-order valence-electron chi connectivity index (χ4n) is 2.51. The van der Waals surface area contributed by atoms with Gasteiger partial charge >= 0.3 is 6.03 Å². The average molecular weight is 319 g/mol. The Morgan fingerprint density at radius 1 is 1.22 bits per heavy atom. The molecule has 0 spiro atoms. The van der Waals surface area contributed by atoms with Gasteiger partial charge in [-0.3, -0.25) is 14.5 Å². The lowest BCUT2D eigenvalue weighted by molar-refractivity contribution is -0.131. The Morgan fingerprint density at radius 2 is 1.87 bits per heavy atom. The second-order valence-electron chi connectivity index (χ2n) is 5.63. The van der Waals surface area contributed by atoms with Crippen molar-refractivity contribution in [2.75, 3.05) is 20.6 Å². The van der Waals surface area contributed by atoms with Crippen LogP contribution in [0.15, 0.2) is 24.3 Å². The minimum Gasteiger partial charge on any atom is -0.508 e. The second kappa shape index (κ2) is 7.13. The van der Waals surface area contributed by atoms with E-state index in [1.54, 1.807) is 12.1 Å². The zero-order valence-electron chi connectivity index (χ0n) is 13.3. The normalized spacial score (nSPS) is 17.7. The fourth-order valence-corrected chi connectivity index (χ4v) is 2.51. The van der Waals surface area contributed by atoms with Gasteiger partial charge in [0.25, 0.3) is 5.91 Å². The third kappa shape index (κ3) is 4.00. The quantitative estimate of drug-likeness (QED) is 0.597. The van der Waals surface area contributed by atoms with Crippen molar-refractivity contribution in [3.8, 4) is 5.75 Å². The number of aryl methyl sites for hydroxylation is 1. The summed E-state index contributed by atoms with van der Waals surface area (Å²) in [4.78, 5) is 37.7. The Balaban J connectivity index is 1.72. The van der Waals surface area contributed by atoms with Crippen molar-refractivity contribution in [3.05, 3.63) is 29.8 Å². The summed E-state index contributed by atoms with van der Waals surface area (Å²) in [5.41, 5.74) is 1.08. The molecule has 0 bridgehead atoms. The van der Waals surface area contributed by atoms with Crippen molar-refractivity contribution in [1.82, 2.24) is 15.1 Å². The van der Waals surface area contributed by atoms with E-state index in [1.165, 1.54) is 19.0 Å². The highest BCUT2D eigenvalue weighted by Crippen LogP contribution is 2.16. The second-order valence-corrected chi connectivity index (χ2v) is 5.63. The number of rotatable bonds is 6. The molecule has 2 N–H and O–H groups in total. The number of aromatic hydroxyl groups is 1. The first kappa shape index (κ1) is 16.8. The molecule has 1 aliphatic heterocycles. The van der Waals surface area contributed by atoms with Crippen LogP contribution in [0, 0.1) is 0 Å². The van der Waals surface area contributed by atoms with Gasteiger partial charge in [0.1, 0.15) is 11.8 Å². The number of carbonyl (C=O) groups excluding carboxylic acids is 3. The number of likely N-dealkylation sites (N-methyl/N-ethyl adjacent to an activating group) is 2. The van der Waals surface area contributed by atoms with Gasteiger partial charge in [-0.25, -0.2) is 4.79 Å². The summed E-state index contributed by atoms with van der Waals surface area (Å²) in [5.74, 6) is -0.368. The van der Waals surface area contributed by atoms with E-state index in [2.05, 4.69) is 5.32 Å². The summed E-state index contributed by atoms with van der Waals surface area (Å²) in [6.07, 6.45) is 1.51. The zero-order chi connectivity index (χ0) is 17.0. The molecule has 1 aromatic rings. The topological polar surface area (TPSA) is 89.9 Å². The Morgan fingerprint density at radius 3 is 2.43 bits per heavy atom. The van der Waals surface area contributed by atoms with Crippen LogP contribution in [0.4, 0.5) is 4.79 Å². The number of nitrogens with one attached hydrogen (secondary N) is 1. The smallest absolute Gasteiger partial charge is 0.326 e. The molecule has 1 aliphatic rings. The molecule has 23 heavy (non-hydrogen) atoms. The Bertz CT molecular complexity index is 600. The van der Waals surface area contributed by atoms with Crippen molar-refractivity contribution in [2.45, 2.75) is 25.3 Å². The maximum atomic E-state index is 11.9. The number of hydrogen-bond donors (Lipinski definition) is 2. The van der Waals surface area contributed by atoms with E-state index in [0.29, 0.717) is 6.54 Å². The van der Waals surface area contributed by atoms with E-state index in [1.807, 2.05) is 12.1 Å². The number of nitrogens with zero attached hydrogens (tertiary/aromatic N) is 2. The largest absolute Gasteiger partial charge is 0.508 e. The maximum Gasteiger partial charge on any atom is 0.326 e. The molecule has 124 valence electrons. The van der Waals surface area contributed by atoms with Gasteiger partial charge in [-0.05, 0) is 30.5 Å². The van der Waals surface area contributed by atoms with Gasteiger partial charge in [0.05, 0.1) is 6.42 Å². The molecule has 0 saturated carbocycles. The molecule has 1 saturated heterocycles. The number of phenols is 1. The number of imide groups is 1. The summed E-state index contributed by atoms with van der Waals surface area (Å²) >= 11 is 0. The predicted octanol–water partition coefficient (Wildman–Crippen LogP) is 0.723. The molecule has 2 rings (SSSR count). The highest BCUT2D eigenvalue weighted by Gasteiger charge is 2.41. The standard InChI is InChI=1S/C16H21N3O4/c1-18-13(15(22)19(2)16(18)23)10-14(21)17-9-3-4-11-5-7-12(20)8-6-11/h5-8,13,20H,3-4,9-10H2,1-2H3,(H,17,21)/t13-/m1/s1. The SMILES string of the molecule is CN1C(=O)[C@@H](CC(=O)NCCCc2ccc(O)cc2)N(C)C1=O. The van der Waals surface area contributed by atoms with Crippen molar-refractivity contribution < 1.29 is 19.5 Å². The van der Waals surface area contributed by atoms with Crippen LogP contribution in [0.1, 0.15) is 18.4 Å². The lowest BCUT2D eigenvalue weighted by atomic mass is 10.1. The van der Waals surface area contributed by atoms with Crippen LogP contribution in [-0.2, 0) is 16.0 Å². The summed E-state index contributed by atoms with van der Waals surface area (Å²) in [5, 5.41) is 12.0. The van der Waals surface area contributed by atoms with E-state index in [4.69, 9.17) is 0 Å². The molecule has 1 heterocycles. The number of benzene rings is 1. The average Bonchev–Trinajstić information content (AvgIpc) is 2.71. The molecular formula is C16H21N3O4. The number of urea groups is 1. The number of carbonyl (C=O) groups is 3. The highest BCUT2D eigenvalue weighted by molar-refractivity contribution is 6.05. The monoisotopic (exact) mass is 319 g/mol. The minimum atomic E-state index is -0.718. The van der Waals surface area contributed by atoms with Crippen LogP contribution in [0.2, 0.25) is 0 Å². The van der Waals surface area contributed by atoms with Gasteiger partial charge in [0, 0.05) is 20.6 Å². The first-order valence-electron chi connectivity index (χ1n) is 7.49. The van der Waals surface area contributed by atoms with Crippen LogP contribution in [0.3, 0.4) is 0 Å². The number of hydrogen-bond acceptors (Lipinski definition) is 4.